The second-order valence-corrected chi connectivity index (χ2v) is 9.47. The normalized spacial score (nSPS) is 14.8. The molecule has 1 aromatic heterocycles. The molecule has 0 unspecified atom stereocenters. The summed E-state index contributed by atoms with van der Waals surface area (Å²) in [5, 5.41) is 3.40. The smallest absolute Gasteiger partial charge is 0.356 e. The Morgan fingerprint density at radius 1 is 1.08 bits per heavy atom. The van der Waals surface area contributed by atoms with Crippen molar-refractivity contribution < 1.29 is 18.0 Å². The van der Waals surface area contributed by atoms with Gasteiger partial charge in [0.1, 0.15) is 5.82 Å². The summed E-state index contributed by atoms with van der Waals surface area (Å²) >= 11 is 6.43. The zero-order valence-corrected chi connectivity index (χ0v) is 20.6. The average molecular weight is 519 g/mol. The van der Waals surface area contributed by atoms with Crippen LogP contribution in [0.1, 0.15) is 32.3 Å². The third kappa shape index (κ3) is 5.56. The van der Waals surface area contributed by atoms with Crippen molar-refractivity contribution in [2.45, 2.75) is 38.9 Å². The van der Waals surface area contributed by atoms with Crippen LogP contribution in [0.15, 0.2) is 59.4 Å². The van der Waals surface area contributed by atoms with E-state index in [0.29, 0.717) is 42.3 Å². The maximum atomic E-state index is 13.3. The fraction of sp³-hybridized carbons (Fsp3) is 0.346. The van der Waals surface area contributed by atoms with Gasteiger partial charge >= 0.3 is 6.18 Å². The number of anilines is 1. The SMILES string of the molecule is CC(C)C(=O)NC1CCN(c2cc(=O)n(-c3ccc(C(F)(F)F)cc3)c(-c3ccccc3Cl)n2)CC1. The molecular formula is C26H26ClF3N4O2. The minimum absolute atomic E-state index is 0.00622. The molecule has 36 heavy (non-hydrogen) atoms. The molecule has 1 fully saturated rings. The molecule has 2 aromatic carbocycles. The minimum atomic E-state index is -4.49. The van der Waals surface area contributed by atoms with Crippen LogP contribution in [0.25, 0.3) is 17.1 Å². The van der Waals surface area contributed by atoms with E-state index < -0.39 is 17.3 Å². The number of hydrogen-bond donors (Lipinski definition) is 1. The second kappa shape index (κ2) is 10.3. The molecule has 0 spiro atoms. The highest BCUT2D eigenvalue weighted by molar-refractivity contribution is 6.33. The van der Waals surface area contributed by atoms with Crippen molar-refractivity contribution in [3.63, 3.8) is 0 Å². The van der Waals surface area contributed by atoms with Gasteiger partial charge in [-0.3, -0.25) is 14.2 Å². The van der Waals surface area contributed by atoms with Crippen molar-refractivity contribution in [2.75, 3.05) is 18.0 Å². The predicted molar refractivity (Wildman–Crippen MR) is 133 cm³/mol. The Hall–Kier alpha value is -3.33. The van der Waals surface area contributed by atoms with Gasteiger partial charge in [0.2, 0.25) is 5.91 Å². The quantitative estimate of drug-likeness (QED) is 0.497. The number of halogens is 4. The monoisotopic (exact) mass is 518 g/mol. The van der Waals surface area contributed by atoms with E-state index in [-0.39, 0.29) is 29.4 Å². The molecule has 0 aliphatic carbocycles. The lowest BCUT2D eigenvalue weighted by atomic mass is 10.0. The maximum absolute atomic E-state index is 13.3. The van der Waals surface area contributed by atoms with Crippen LogP contribution in [0.4, 0.5) is 19.0 Å². The van der Waals surface area contributed by atoms with E-state index in [9.17, 15) is 22.8 Å². The van der Waals surface area contributed by atoms with E-state index in [2.05, 4.69) is 5.32 Å². The van der Waals surface area contributed by atoms with Crippen LogP contribution in [0, 0.1) is 5.92 Å². The van der Waals surface area contributed by atoms with Crippen LogP contribution < -0.4 is 15.8 Å². The average Bonchev–Trinajstić information content (AvgIpc) is 2.84. The van der Waals surface area contributed by atoms with Crippen molar-refractivity contribution in [3.8, 4) is 17.1 Å². The molecule has 1 N–H and O–H groups in total. The van der Waals surface area contributed by atoms with Crippen LogP contribution >= 0.6 is 11.6 Å². The van der Waals surface area contributed by atoms with Crippen molar-refractivity contribution in [3.05, 3.63) is 75.5 Å². The summed E-state index contributed by atoms with van der Waals surface area (Å²) < 4.78 is 40.5. The van der Waals surface area contributed by atoms with Crippen molar-refractivity contribution in [1.29, 1.82) is 0 Å². The molecule has 10 heteroatoms. The van der Waals surface area contributed by atoms with Gasteiger partial charge in [-0.05, 0) is 49.2 Å². The highest BCUT2D eigenvalue weighted by Gasteiger charge is 2.30. The van der Waals surface area contributed by atoms with E-state index in [1.54, 1.807) is 24.3 Å². The number of amides is 1. The number of nitrogens with one attached hydrogen (secondary N) is 1. The number of benzene rings is 2. The molecule has 0 bridgehead atoms. The molecule has 1 saturated heterocycles. The molecule has 0 atom stereocenters. The molecule has 0 radical (unpaired) electrons. The second-order valence-electron chi connectivity index (χ2n) is 9.06. The maximum Gasteiger partial charge on any atom is 0.416 e. The minimum Gasteiger partial charge on any atom is -0.356 e. The topological polar surface area (TPSA) is 67.2 Å². The summed E-state index contributed by atoms with van der Waals surface area (Å²) in [5.74, 6) is 0.595. The van der Waals surface area contributed by atoms with Crippen LogP contribution in [-0.4, -0.2) is 34.6 Å². The highest BCUT2D eigenvalue weighted by atomic mass is 35.5. The Kier molecular flexibility index (Phi) is 7.40. The van der Waals surface area contributed by atoms with E-state index in [1.807, 2.05) is 18.7 Å². The first-order valence-electron chi connectivity index (χ1n) is 11.7. The van der Waals surface area contributed by atoms with Gasteiger partial charge in [0.05, 0.1) is 16.3 Å². The number of carbonyl (C=O) groups excluding carboxylic acids is 1. The highest BCUT2D eigenvalue weighted by Crippen LogP contribution is 2.32. The Labute approximate surface area is 211 Å². The van der Waals surface area contributed by atoms with Gasteiger partial charge in [-0.2, -0.15) is 13.2 Å². The first kappa shape index (κ1) is 25.8. The Bertz CT molecular complexity index is 1300. The molecule has 1 amide bonds. The molecule has 2 heterocycles. The fourth-order valence-electron chi connectivity index (χ4n) is 4.13. The fourth-order valence-corrected chi connectivity index (χ4v) is 4.35. The molecule has 4 rings (SSSR count). The van der Waals surface area contributed by atoms with Gasteiger partial charge in [-0.25, -0.2) is 4.98 Å². The van der Waals surface area contributed by atoms with E-state index in [0.717, 1.165) is 12.1 Å². The lowest BCUT2D eigenvalue weighted by Gasteiger charge is -2.33. The van der Waals surface area contributed by atoms with Gasteiger partial charge < -0.3 is 10.2 Å². The van der Waals surface area contributed by atoms with Crippen molar-refractivity contribution >= 4 is 23.3 Å². The number of hydrogen-bond acceptors (Lipinski definition) is 4. The van der Waals surface area contributed by atoms with E-state index in [1.165, 1.54) is 22.8 Å². The van der Waals surface area contributed by atoms with Crippen LogP contribution in [-0.2, 0) is 11.0 Å². The van der Waals surface area contributed by atoms with Gasteiger partial charge in [0, 0.05) is 36.7 Å². The Balaban J connectivity index is 1.70. The van der Waals surface area contributed by atoms with Gasteiger partial charge in [-0.15, -0.1) is 0 Å². The predicted octanol–water partition coefficient (Wildman–Crippen LogP) is 5.31. The van der Waals surface area contributed by atoms with Crippen molar-refractivity contribution in [1.82, 2.24) is 14.9 Å². The zero-order chi connectivity index (χ0) is 26.0. The molecular weight excluding hydrogens is 493 g/mol. The van der Waals surface area contributed by atoms with Gasteiger partial charge in [0.15, 0.2) is 5.82 Å². The van der Waals surface area contributed by atoms with E-state index in [4.69, 9.17) is 16.6 Å². The molecule has 1 aliphatic rings. The summed E-state index contributed by atoms with van der Waals surface area (Å²) in [6, 6.07) is 12.6. The third-order valence-electron chi connectivity index (χ3n) is 6.16. The standard InChI is InChI=1S/C26H26ClF3N4O2/c1-16(2)25(36)31-18-11-13-33(14-12-18)22-15-23(35)34(19-9-7-17(8-10-19)26(28,29)30)24(32-22)20-5-3-4-6-21(20)27/h3-10,15-16,18H,11-14H2,1-2H3,(H,31,36). The van der Waals surface area contributed by atoms with Crippen LogP contribution in [0.3, 0.4) is 0 Å². The summed E-state index contributed by atoms with van der Waals surface area (Å²) in [4.78, 5) is 32.1. The zero-order valence-electron chi connectivity index (χ0n) is 19.8. The number of rotatable bonds is 5. The van der Waals surface area contributed by atoms with Gasteiger partial charge in [0.25, 0.3) is 5.56 Å². The summed E-state index contributed by atoms with van der Waals surface area (Å²) in [6.07, 6.45) is -3.09. The molecule has 0 saturated carbocycles. The summed E-state index contributed by atoms with van der Waals surface area (Å²) in [7, 11) is 0. The number of alkyl halides is 3. The largest absolute Gasteiger partial charge is 0.416 e. The summed E-state index contributed by atoms with van der Waals surface area (Å²) in [5.41, 5.74) is -0.519. The lowest BCUT2D eigenvalue weighted by molar-refractivity contribution is -0.137. The van der Waals surface area contributed by atoms with Crippen LogP contribution in [0.2, 0.25) is 5.02 Å². The molecule has 3 aromatic rings. The first-order chi connectivity index (χ1) is 17.0. The van der Waals surface area contributed by atoms with Gasteiger partial charge in [-0.1, -0.05) is 37.6 Å². The molecule has 1 aliphatic heterocycles. The van der Waals surface area contributed by atoms with Crippen molar-refractivity contribution in [2.24, 2.45) is 5.92 Å². The third-order valence-corrected chi connectivity index (χ3v) is 6.49. The summed E-state index contributed by atoms with van der Waals surface area (Å²) in [6.45, 7) is 4.86. The molecule has 6 nitrogen and oxygen atoms in total. The number of aromatic nitrogens is 2. The Morgan fingerprint density at radius 2 is 1.72 bits per heavy atom. The number of piperidine rings is 1. The van der Waals surface area contributed by atoms with Crippen LogP contribution in [0.5, 0.6) is 0 Å². The first-order valence-corrected chi connectivity index (χ1v) is 12.0. The molecule has 190 valence electrons. The number of nitrogens with zero attached hydrogens (tertiary/aromatic N) is 3. The lowest BCUT2D eigenvalue weighted by Crippen LogP contribution is -2.46. The van der Waals surface area contributed by atoms with E-state index >= 15 is 0 Å². The Morgan fingerprint density at radius 3 is 2.31 bits per heavy atom. The number of carbonyl (C=O) groups is 1.